The van der Waals surface area contributed by atoms with E-state index in [1.165, 1.54) is 50.2 Å². The van der Waals surface area contributed by atoms with Gasteiger partial charge in [0, 0.05) is 24.2 Å². The quantitative estimate of drug-likeness (QED) is 0.145. The van der Waals surface area contributed by atoms with E-state index < -0.39 is 11.5 Å². The first-order chi connectivity index (χ1) is 18.8. The summed E-state index contributed by atoms with van der Waals surface area (Å²) in [6, 6.07) is 7.98. The van der Waals surface area contributed by atoms with Crippen molar-refractivity contribution in [2.45, 2.75) is 45.4 Å². The van der Waals surface area contributed by atoms with Crippen LogP contribution < -0.4 is 25.1 Å². The average Bonchev–Trinajstić information content (AvgIpc) is 2.95. The monoisotopic (exact) mass is 537 g/mol. The van der Waals surface area contributed by atoms with Crippen LogP contribution in [-0.4, -0.2) is 36.4 Å². The lowest BCUT2D eigenvalue weighted by molar-refractivity contribution is -0.111. The molecule has 3 aromatic rings. The van der Waals surface area contributed by atoms with Gasteiger partial charge in [-0.3, -0.25) is 9.59 Å². The number of aryl methyl sites for hydroxylation is 1. The number of amides is 1. The van der Waals surface area contributed by atoms with Gasteiger partial charge >= 0.3 is 0 Å². The number of anilines is 1. The molecule has 0 aliphatic rings. The van der Waals surface area contributed by atoms with Crippen LogP contribution in [0.3, 0.4) is 0 Å². The minimum absolute atomic E-state index is 0.0302. The predicted molar refractivity (Wildman–Crippen MR) is 152 cm³/mol. The number of hydrogen-bond acceptors (Lipinski definition) is 8. The third kappa shape index (κ3) is 7.16. The summed E-state index contributed by atoms with van der Waals surface area (Å²) in [6.07, 6.45) is 9.35. The second-order valence-corrected chi connectivity index (χ2v) is 9.08. The van der Waals surface area contributed by atoms with E-state index in [1.54, 1.807) is 37.4 Å². The largest absolute Gasteiger partial charge is 0.504 e. The molecule has 0 bridgehead atoms. The molecular formula is C29H35N3O7. The summed E-state index contributed by atoms with van der Waals surface area (Å²) in [5.74, 6) is -0.282. The molecule has 1 amide bonds. The van der Waals surface area contributed by atoms with Gasteiger partial charge in [-0.25, -0.2) is 0 Å². The number of rotatable bonds is 14. The molecule has 0 fully saturated rings. The van der Waals surface area contributed by atoms with Crippen LogP contribution in [0.25, 0.3) is 17.0 Å². The molecule has 1 heterocycles. The topological polar surface area (TPSA) is 128 Å². The van der Waals surface area contributed by atoms with E-state index in [-0.39, 0.29) is 28.7 Å². The highest BCUT2D eigenvalue weighted by Crippen LogP contribution is 2.38. The van der Waals surface area contributed by atoms with Gasteiger partial charge in [0.25, 0.3) is 5.56 Å². The first kappa shape index (κ1) is 29.2. The minimum Gasteiger partial charge on any atom is -0.504 e. The summed E-state index contributed by atoms with van der Waals surface area (Å²) in [5, 5.41) is 16.9. The molecule has 0 aliphatic heterocycles. The van der Waals surface area contributed by atoms with Crippen molar-refractivity contribution in [3.63, 3.8) is 0 Å². The van der Waals surface area contributed by atoms with Crippen LogP contribution in [0, 0.1) is 4.91 Å². The first-order valence-electron chi connectivity index (χ1n) is 12.9. The molecule has 1 aromatic heterocycles. The van der Waals surface area contributed by atoms with Gasteiger partial charge in [0.05, 0.1) is 26.3 Å². The zero-order chi connectivity index (χ0) is 28.4. The maximum absolute atomic E-state index is 12.9. The number of carbonyl (C=O) groups excluding carboxylic acids is 1. The highest BCUT2D eigenvalue weighted by atomic mass is 16.5. The number of methoxy groups -OCH3 is 2. The Bertz CT molecular complexity index is 1390. The Kier molecular flexibility index (Phi) is 10.5. The number of carbonyl (C=O) groups is 1. The van der Waals surface area contributed by atoms with Gasteiger partial charge in [-0.1, -0.05) is 39.0 Å². The fourth-order valence-electron chi connectivity index (χ4n) is 4.21. The van der Waals surface area contributed by atoms with Crippen LogP contribution in [0.2, 0.25) is 0 Å². The van der Waals surface area contributed by atoms with E-state index in [2.05, 4.69) is 17.4 Å². The van der Waals surface area contributed by atoms with Crippen LogP contribution in [0.1, 0.15) is 51.0 Å². The second-order valence-electron chi connectivity index (χ2n) is 9.08. The number of nitroso groups, excluding NO2 is 1. The zero-order valence-electron chi connectivity index (χ0n) is 22.8. The zero-order valence-corrected chi connectivity index (χ0v) is 22.8. The van der Waals surface area contributed by atoms with Gasteiger partial charge in [-0.05, 0) is 53.6 Å². The third-order valence-electron chi connectivity index (χ3n) is 6.36. The molecule has 10 heteroatoms. The second kappa shape index (κ2) is 14.0. The third-order valence-corrected chi connectivity index (χ3v) is 6.36. The van der Waals surface area contributed by atoms with Crippen LogP contribution in [0.4, 0.5) is 11.4 Å². The fourth-order valence-corrected chi connectivity index (χ4v) is 4.21. The van der Waals surface area contributed by atoms with Gasteiger partial charge in [0.2, 0.25) is 11.7 Å². The van der Waals surface area contributed by atoms with Crippen molar-refractivity contribution in [2.24, 2.45) is 12.2 Å². The van der Waals surface area contributed by atoms with Crippen molar-refractivity contribution >= 4 is 34.3 Å². The number of nitrogens with one attached hydrogen (secondary N) is 1. The van der Waals surface area contributed by atoms with E-state index in [9.17, 15) is 19.6 Å². The molecule has 0 saturated carbocycles. The van der Waals surface area contributed by atoms with Crippen LogP contribution in [0.5, 0.6) is 23.0 Å². The molecule has 0 aliphatic carbocycles. The van der Waals surface area contributed by atoms with Crippen molar-refractivity contribution < 1.29 is 24.1 Å². The molecule has 2 aromatic carbocycles. The number of fused-ring (bicyclic) bond motifs is 1. The van der Waals surface area contributed by atoms with Crippen molar-refractivity contribution in [3.05, 3.63) is 57.2 Å². The summed E-state index contributed by atoms with van der Waals surface area (Å²) >= 11 is 0. The Morgan fingerprint density at radius 3 is 2.36 bits per heavy atom. The number of nitrogens with zero attached hydrogens (tertiary/aromatic N) is 2. The number of pyridine rings is 1. The summed E-state index contributed by atoms with van der Waals surface area (Å²) in [5.41, 5.74) is 1.01. The van der Waals surface area contributed by atoms with Crippen molar-refractivity contribution in [1.82, 2.24) is 4.57 Å². The van der Waals surface area contributed by atoms with Crippen molar-refractivity contribution in [2.75, 3.05) is 26.1 Å². The number of benzene rings is 2. The van der Waals surface area contributed by atoms with E-state index in [1.807, 2.05) is 0 Å². The molecule has 2 N–H and O–H groups in total. The number of aromatic nitrogens is 1. The normalized spacial score (nSPS) is 11.1. The highest BCUT2D eigenvalue weighted by molar-refractivity contribution is 6.03. The average molecular weight is 538 g/mol. The van der Waals surface area contributed by atoms with E-state index in [4.69, 9.17) is 14.2 Å². The lowest BCUT2D eigenvalue weighted by Gasteiger charge is -2.14. The lowest BCUT2D eigenvalue weighted by Crippen LogP contribution is -2.20. The smallest absolute Gasteiger partial charge is 0.297 e. The Hall–Kier alpha value is -4.34. The molecule has 39 heavy (non-hydrogen) atoms. The number of aromatic hydroxyl groups is 1. The number of unbranched alkanes of at least 4 members (excludes halogenated alkanes) is 5. The Balaban J connectivity index is 1.73. The van der Waals surface area contributed by atoms with Crippen LogP contribution in [0.15, 0.2) is 46.4 Å². The van der Waals surface area contributed by atoms with Gasteiger partial charge in [-0.15, -0.1) is 4.91 Å². The highest BCUT2D eigenvalue weighted by Gasteiger charge is 2.17. The first-order valence-corrected chi connectivity index (χ1v) is 12.9. The summed E-state index contributed by atoms with van der Waals surface area (Å²) in [4.78, 5) is 36.6. The molecule has 0 atom stereocenters. The molecular weight excluding hydrogens is 502 g/mol. The van der Waals surface area contributed by atoms with Crippen LogP contribution >= 0.6 is 0 Å². The number of ether oxygens (including phenoxy) is 3. The summed E-state index contributed by atoms with van der Waals surface area (Å²) in [6.45, 7) is 2.52. The van der Waals surface area contributed by atoms with Crippen molar-refractivity contribution in [3.8, 4) is 23.0 Å². The van der Waals surface area contributed by atoms with Crippen LogP contribution in [-0.2, 0) is 11.8 Å². The van der Waals surface area contributed by atoms with E-state index in [0.717, 1.165) is 19.3 Å². The minimum atomic E-state index is -0.453. The molecule has 0 saturated heterocycles. The van der Waals surface area contributed by atoms with Gasteiger partial charge in [-0.2, -0.15) is 0 Å². The molecule has 0 radical (unpaired) electrons. The number of hydrogen-bond donors (Lipinski definition) is 2. The van der Waals surface area contributed by atoms with Gasteiger partial charge < -0.3 is 29.2 Å². The maximum atomic E-state index is 12.9. The lowest BCUT2D eigenvalue weighted by atomic mass is 10.1. The fraction of sp³-hybridized carbons (Fsp3) is 0.379. The summed E-state index contributed by atoms with van der Waals surface area (Å²) in [7, 11) is 4.39. The SMILES string of the molecule is CCCCCCCCOc1c(O)c2ccc(NC(=O)/C=C/c3cc(OC)c(N=O)c(OC)c3)cc2n(C)c1=O. The van der Waals surface area contributed by atoms with Gasteiger partial charge in [0.15, 0.2) is 22.9 Å². The molecule has 3 rings (SSSR count). The van der Waals surface area contributed by atoms with E-state index in [0.29, 0.717) is 28.8 Å². The maximum Gasteiger partial charge on any atom is 0.297 e. The predicted octanol–water partition coefficient (Wildman–Crippen LogP) is 6.05. The van der Waals surface area contributed by atoms with Gasteiger partial charge in [0.1, 0.15) is 0 Å². The Morgan fingerprint density at radius 2 is 1.72 bits per heavy atom. The molecule has 208 valence electrons. The van der Waals surface area contributed by atoms with E-state index >= 15 is 0 Å². The summed E-state index contributed by atoms with van der Waals surface area (Å²) < 4.78 is 17.4. The standard InChI is InChI=1S/C29H35N3O7/c1-5-6-7-8-9-10-15-39-28-27(34)21-13-12-20(18-22(21)32(2)29(28)35)30-25(33)14-11-19-16-23(37-3)26(31-36)24(17-19)38-4/h11-14,16-18,34H,5-10,15H2,1-4H3,(H,30,33)/b14-11+. The Labute approximate surface area is 227 Å². The molecule has 0 spiro atoms. The molecule has 0 unspecified atom stereocenters. The van der Waals surface area contributed by atoms with Crippen molar-refractivity contribution in [1.29, 1.82) is 0 Å². The molecule has 10 nitrogen and oxygen atoms in total. The Morgan fingerprint density at radius 1 is 1.05 bits per heavy atom.